The van der Waals surface area contributed by atoms with E-state index in [2.05, 4.69) is 5.32 Å². The molecule has 1 N–H and O–H groups in total. The van der Waals surface area contributed by atoms with Crippen molar-refractivity contribution >= 4 is 21.6 Å². The van der Waals surface area contributed by atoms with Crippen molar-refractivity contribution in [2.45, 2.75) is 39.1 Å². The number of aryl methyl sites for hydroxylation is 3. The number of carbonyl (C=O) groups is 1. The number of carbonyl (C=O) groups excluding carboxylic acids is 1. The molecule has 3 rings (SSSR count). The molecule has 5 nitrogen and oxygen atoms in total. The van der Waals surface area contributed by atoms with Crippen molar-refractivity contribution in [1.29, 1.82) is 0 Å². The van der Waals surface area contributed by atoms with E-state index in [9.17, 15) is 13.2 Å². The molecule has 0 spiro atoms. The molecule has 0 aromatic heterocycles. The summed E-state index contributed by atoms with van der Waals surface area (Å²) in [6.07, 6.45) is 0. The molecule has 0 radical (unpaired) electrons. The highest BCUT2D eigenvalue weighted by atomic mass is 32.2. The summed E-state index contributed by atoms with van der Waals surface area (Å²) in [4.78, 5) is 13.0. The number of rotatable bonds is 7. The van der Waals surface area contributed by atoms with Crippen molar-refractivity contribution in [3.8, 4) is 0 Å². The third-order valence-electron chi connectivity index (χ3n) is 5.34. The molecular weight excluding hydrogens is 408 g/mol. The van der Waals surface area contributed by atoms with E-state index in [1.807, 2.05) is 70.2 Å². The smallest absolute Gasteiger partial charge is 0.243 e. The van der Waals surface area contributed by atoms with E-state index in [1.165, 1.54) is 4.31 Å². The Morgan fingerprint density at radius 3 is 2.03 bits per heavy atom. The minimum atomic E-state index is -3.86. The van der Waals surface area contributed by atoms with E-state index in [1.54, 1.807) is 24.3 Å². The molecule has 1 amide bonds. The minimum absolute atomic E-state index is 0.108. The Morgan fingerprint density at radius 2 is 1.42 bits per heavy atom. The summed E-state index contributed by atoms with van der Waals surface area (Å²) in [7, 11) is -3.86. The van der Waals surface area contributed by atoms with Crippen LogP contribution in [0.25, 0.3) is 0 Å². The Balaban J connectivity index is 1.89. The molecular formula is C25H28N2O3S. The van der Waals surface area contributed by atoms with Gasteiger partial charge in [-0.05, 0) is 62.6 Å². The van der Waals surface area contributed by atoms with Crippen LogP contribution in [0, 0.1) is 27.7 Å². The van der Waals surface area contributed by atoms with E-state index in [0.29, 0.717) is 5.69 Å². The van der Waals surface area contributed by atoms with Crippen LogP contribution in [0.5, 0.6) is 0 Å². The molecule has 0 aliphatic heterocycles. The van der Waals surface area contributed by atoms with Crippen LogP contribution in [0.15, 0.2) is 71.6 Å². The molecule has 0 aliphatic carbocycles. The Kier molecular flexibility index (Phi) is 6.93. The van der Waals surface area contributed by atoms with Crippen LogP contribution in [0.2, 0.25) is 0 Å². The van der Waals surface area contributed by atoms with Crippen molar-refractivity contribution in [2.75, 3.05) is 11.9 Å². The topological polar surface area (TPSA) is 66.5 Å². The molecule has 0 heterocycles. The van der Waals surface area contributed by atoms with Crippen LogP contribution in [0.1, 0.15) is 27.8 Å². The highest BCUT2D eigenvalue weighted by molar-refractivity contribution is 7.89. The fraction of sp³-hybridized carbons (Fsp3) is 0.240. The van der Waals surface area contributed by atoms with E-state index in [-0.39, 0.29) is 23.9 Å². The van der Waals surface area contributed by atoms with Gasteiger partial charge >= 0.3 is 0 Å². The zero-order valence-corrected chi connectivity index (χ0v) is 19.2. The average Bonchev–Trinajstić information content (AvgIpc) is 2.73. The lowest BCUT2D eigenvalue weighted by molar-refractivity contribution is -0.116. The first-order chi connectivity index (χ1) is 14.7. The molecule has 0 unspecified atom stereocenters. The van der Waals surface area contributed by atoms with E-state index in [4.69, 9.17) is 0 Å². The second-order valence-electron chi connectivity index (χ2n) is 7.87. The predicted molar refractivity (Wildman–Crippen MR) is 124 cm³/mol. The minimum Gasteiger partial charge on any atom is -0.325 e. The second-order valence-corrected chi connectivity index (χ2v) is 9.81. The first kappa shape index (κ1) is 22.7. The summed E-state index contributed by atoms with van der Waals surface area (Å²) < 4.78 is 28.0. The van der Waals surface area contributed by atoms with Gasteiger partial charge in [0, 0.05) is 12.2 Å². The van der Waals surface area contributed by atoms with Gasteiger partial charge in [0.05, 0.1) is 11.4 Å². The summed E-state index contributed by atoms with van der Waals surface area (Å²) in [5.41, 5.74) is 5.58. The van der Waals surface area contributed by atoms with Crippen LogP contribution in [0.3, 0.4) is 0 Å². The third kappa shape index (κ3) is 5.60. The molecule has 3 aromatic rings. The zero-order chi connectivity index (χ0) is 22.6. The second kappa shape index (κ2) is 9.45. The number of anilines is 1. The zero-order valence-electron chi connectivity index (χ0n) is 18.3. The molecule has 0 saturated heterocycles. The number of benzene rings is 3. The monoisotopic (exact) mass is 436 g/mol. The lowest BCUT2D eigenvalue weighted by Gasteiger charge is -2.22. The van der Waals surface area contributed by atoms with Gasteiger partial charge < -0.3 is 5.32 Å². The molecule has 0 saturated carbocycles. The highest BCUT2D eigenvalue weighted by Gasteiger charge is 2.27. The molecule has 0 atom stereocenters. The van der Waals surface area contributed by atoms with E-state index in [0.717, 1.165) is 27.8 Å². The van der Waals surface area contributed by atoms with Gasteiger partial charge in [-0.1, -0.05) is 59.7 Å². The van der Waals surface area contributed by atoms with E-state index < -0.39 is 10.0 Å². The first-order valence-electron chi connectivity index (χ1n) is 10.2. The van der Waals surface area contributed by atoms with Crippen LogP contribution >= 0.6 is 0 Å². The molecule has 0 aliphatic rings. The molecule has 0 bridgehead atoms. The Bertz CT molecular complexity index is 1170. The van der Waals surface area contributed by atoms with Gasteiger partial charge in [0.25, 0.3) is 0 Å². The molecule has 0 fully saturated rings. The van der Waals surface area contributed by atoms with Crippen molar-refractivity contribution in [3.05, 3.63) is 94.5 Å². The first-order valence-corrected chi connectivity index (χ1v) is 11.6. The molecule has 162 valence electrons. The summed E-state index contributed by atoms with van der Waals surface area (Å²) in [5, 5.41) is 2.86. The SMILES string of the molecule is Cc1ccc(CN(CC(=O)Nc2cccc(C)c2C)S(=O)(=O)c2ccc(C)cc2)cc1. The summed E-state index contributed by atoms with van der Waals surface area (Å²) in [5.74, 6) is -0.378. The standard InChI is InChI=1S/C25H28N2O3S/c1-18-8-12-22(13-9-18)16-27(31(29,30)23-14-10-19(2)11-15-23)17-25(28)26-24-7-5-6-20(3)21(24)4/h5-15H,16-17H2,1-4H3,(H,26,28). The highest BCUT2D eigenvalue weighted by Crippen LogP contribution is 2.21. The van der Waals surface area contributed by atoms with Crippen LogP contribution < -0.4 is 5.32 Å². The van der Waals surface area contributed by atoms with Crippen molar-refractivity contribution in [2.24, 2.45) is 0 Å². The summed E-state index contributed by atoms with van der Waals surface area (Å²) >= 11 is 0. The van der Waals surface area contributed by atoms with Crippen molar-refractivity contribution in [1.82, 2.24) is 4.31 Å². The van der Waals surface area contributed by atoms with Gasteiger partial charge in [0.2, 0.25) is 15.9 Å². The predicted octanol–water partition coefficient (Wildman–Crippen LogP) is 4.75. The Labute approximate surface area is 184 Å². The summed E-state index contributed by atoms with van der Waals surface area (Å²) in [6.45, 7) is 7.60. The number of nitrogens with one attached hydrogen (secondary N) is 1. The van der Waals surface area contributed by atoms with Gasteiger partial charge in [-0.2, -0.15) is 4.31 Å². The molecule has 31 heavy (non-hydrogen) atoms. The maximum atomic E-state index is 13.4. The maximum absolute atomic E-state index is 13.4. The van der Waals surface area contributed by atoms with Gasteiger partial charge in [-0.3, -0.25) is 4.79 Å². The lowest BCUT2D eigenvalue weighted by Crippen LogP contribution is -2.37. The van der Waals surface area contributed by atoms with Crippen LogP contribution in [-0.2, 0) is 21.4 Å². The number of hydrogen-bond acceptors (Lipinski definition) is 3. The van der Waals surface area contributed by atoms with Gasteiger partial charge in [0.15, 0.2) is 0 Å². The van der Waals surface area contributed by atoms with Gasteiger partial charge in [0.1, 0.15) is 0 Å². The van der Waals surface area contributed by atoms with E-state index >= 15 is 0 Å². The normalized spacial score (nSPS) is 11.5. The fourth-order valence-electron chi connectivity index (χ4n) is 3.22. The van der Waals surface area contributed by atoms with Crippen LogP contribution in [0.4, 0.5) is 5.69 Å². The number of sulfonamides is 1. The molecule has 6 heteroatoms. The summed E-state index contributed by atoms with van der Waals surface area (Å²) in [6, 6.07) is 20.0. The van der Waals surface area contributed by atoms with Gasteiger partial charge in [-0.25, -0.2) is 8.42 Å². The fourth-order valence-corrected chi connectivity index (χ4v) is 4.60. The largest absolute Gasteiger partial charge is 0.325 e. The van der Waals surface area contributed by atoms with Crippen molar-refractivity contribution < 1.29 is 13.2 Å². The number of nitrogens with zero attached hydrogens (tertiary/aromatic N) is 1. The third-order valence-corrected chi connectivity index (χ3v) is 7.14. The number of amides is 1. The Hall–Kier alpha value is -2.96. The Morgan fingerprint density at radius 1 is 0.839 bits per heavy atom. The average molecular weight is 437 g/mol. The lowest BCUT2D eigenvalue weighted by atomic mass is 10.1. The quantitative estimate of drug-likeness (QED) is 0.581. The van der Waals surface area contributed by atoms with Gasteiger partial charge in [-0.15, -0.1) is 0 Å². The maximum Gasteiger partial charge on any atom is 0.243 e. The number of hydrogen-bond donors (Lipinski definition) is 1. The van der Waals surface area contributed by atoms with Crippen molar-refractivity contribution in [3.63, 3.8) is 0 Å². The molecule has 3 aromatic carbocycles. The van der Waals surface area contributed by atoms with Crippen LogP contribution in [-0.4, -0.2) is 25.2 Å².